The molecule has 0 saturated heterocycles. The number of rotatable bonds is 0. The largest absolute Gasteiger partial charge is 0.239 e. The molecule has 3 aromatic heterocycles. The minimum absolute atomic E-state index is 0.839. The fourth-order valence-corrected chi connectivity index (χ4v) is 3.63. The Kier molecular flexibility index (Phi) is 2.56. The lowest BCUT2D eigenvalue weighted by molar-refractivity contribution is 0.974. The molecule has 0 atom stereocenters. The van der Waals surface area contributed by atoms with Crippen molar-refractivity contribution in [1.82, 2.24) is 14.6 Å². The maximum atomic E-state index is 4.70. The van der Waals surface area contributed by atoms with Crippen LogP contribution in [0.25, 0.3) is 38.1 Å². The van der Waals surface area contributed by atoms with Gasteiger partial charge in [0.25, 0.3) is 0 Å². The van der Waals surface area contributed by atoms with E-state index >= 15 is 0 Å². The molecule has 0 amide bonds. The summed E-state index contributed by atoms with van der Waals surface area (Å²) in [4.78, 5) is 4.70. The van der Waals surface area contributed by atoms with Crippen molar-refractivity contribution in [1.29, 1.82) is 0 Å². The molecule has 0 unspecified atom stereocenters. The SMILES string of the molecule is Cc1cc2c3nc(Br)ccc3c3cc4ccccc4cc3n2n1. The summed E-state index contributed by atoms with van der Waals surface area (Å²) < 4.78 is 2.85. The van der Waals surface area contributed by atoms with Crippen molar-refractivity contribution in [3.63, 3.8) is 0 Å². The second-order valence-electron chi connectivity index (χ2n) is 5.83. The molecular weight excluding hydrogens is 350 g/mol. The Hall–Kier alpha value is -2.46. The van der Waals surface area contributed by atoms with Crippen molar-refractivity contribution < 1.29 is 0 Å². The third-order valence-electron chi connectivity index (χ3n) is 4.32. The molecule has 3 nitrogen and oxygen atoms in total. The maximum absolute atomic E-state index is 4.70. The van der Waals surface area contributed by atoms with Gasteiger partial charge in [-0.1, -0.05) is 24.3 Å². The molecule has 0 radical (unpaired) electrons. The van der Waals surface area contributed by atoms with Gasteiger partial charge in [-0.05, 0) is 64.0 Å². The van der Waals surface area contributed by atoms with E-state index in [1.807, 2.05) is 17.5 Å². The van der Waals surface area contributed by atoms with Crippen LogP contribution in [0.3, 0.4) is 0 Å². The lowest BCUT2D eigenvalue weighted by Crippen LogP contribution is -1.94. The molecule has 0 saturated carbocycles. The first-order chi connectivity index (χ1) is 11.2. The van der Waals surface area contributed by atoms with Crippen molar-refractivity contribution in [2.75, 3.05) is 0 Å². The first-order valence-electron chi connectivity index (χ1n) is 7.48. The molecule has 5 rings (SSSR count). The van der Waals surface area contributed by atoms with E-state index in [2.05, 4.69) is 69.6 Å². The zero-order valence-corrected chi connectivity index (χ0v) is 14.0. The summed E-state index contributed by atoms with van der Waals surface area (Å²) in [6, 6.07) is 19.1. The normalized spacial score (nSPS) is 11.9. The van der Waals surface area contributed by atoms with Gasteiger partial charge in [0.2, 0.25) is 0 Å². The van der Waals surface area contributed by atoms with Gasteiger partial charge in [-0.3, -0.25) is 0 Å². The smallest absolute Gasteiger partial charge is 0.106 e. The lowest BCUT2D eigenvalue weighted by atomic mass is 10.0. The van der Waals surface area contributed by atoms with Crippen LogP contribution in [0.15, 0.2) is 59.2 Å². The lowest BCUT2D eigenvalue weighted by Gasteiger charge is -2.09. The third kappa shape index (κ3) is 1.82. The first-order valence-corrected chi connectivity index (χ1v) is 8.27. The average molecular weight is 362 g/mol. The number of halogens is 1. The number of hydrogen-bond donors (Lipinski definition) is 0. The highest BCUT2D eigenvalue weighted by Crippen LogP contribution is 2.32. The Morgan fingerprint density at radius 1 is 0.870 bits per heavy atom. The molecule has 4 heteroatoms. The summed E-state index contributed by atoms with van der Waals surface area (Å²) in [6.07, 6.45) is 0. The molecule has 0 spiro atoms. The van der Waals surface area contributed by atoms with Crippen LogP contribution < -0.4 is 0 Å². The Balaban J connectivity index is 2.15. The van der Waals surface area contributed by atoms with Gasteiger partial charge in [0.1, 0.15) is 4.60 Å². The molecule has 2 aromatic carbocycles. The average Bonchev–Trinajstić information content (AvgIpc) is 2.95. The summed E-state index contributed by atoms with van der Waals surface area (Å²) in [5.41, 5.74) is 4.13. The first kappa shape index (κ1) is 13.0. The number of aryl methyl sites for hydroxylation is 1. The van der Waals surface area contributed by atoms with E-state index in [4.69, 9.17) is 4.98 Å². The van der Waals surface area contributed by atoms with E-state index in [0.717, 1.165) is 32.2 Å². The zero-order chi connectivity index (χ0) is 15.6. The van der Waals surface area contributed by atoms with Crippen LogP contribution in [-0.4, -0.2) is 14.6 Å². The number of pyridine rings is 2. The van der Waals surface area contributed by atoms with Gasteiger partial charge in [0.05, 0.1) is 22.2 Å². The molecule has 110 valence electrons. The Bertz CT molecular complexity index is 1240. The maximum Gasteiger partial charge on any atom is 0.106 e. The third-order valence-corrected chi connectivity index (χ3v) is 4.76. The van der Waals surface area contributed by atoms with E-state index in [9.17, 15) is 0 Å². The van der Waals surface area contributed by atoms with Gasteiger partial charge in [-0.15, -0.1) is 0 Å². The van der Waals surface area contributed by atoms with Crippen LogP contribution in [0, 0.1) is 6.92 Å². The number of nitrogens with zero attached hydrogens (tertiary/aromatic N) is 3. The number of benzene rings is 2. The highest BCUT2D eigenvalue weighted by Gasteiger charge is 2.12. The van der Waals surface area contributed by atoms with E-state index in [0.29, 0.717) is 0 Å². The number of fused-ring (bicyclic) bond motifs is 7. The minimum atomic E-state index is 0.839. The summed E-state index contributed by atoms with van der Waals surface area (Å²) in [7, 11) is 0. The highest BCUT2D eigenvalue weighted by molar-refractivity contribution is 9.10. The van der Waals surface area contributed by atoms with Crippen molar-refractivity contribution >= 4 is 54.0 Å². The molecule has 0 aliphatic rings. The molecule has 0 aliphatic heterocycles. The summed E-state index contributed by atoms with van der Waals surface area (Å²) in [6.45, 7) is 2.02. The second-order valence-corrected chi connectivity index (χ2v) is 6.64. The molecule has 0 bridgehead atoms. The Morgan fingerprint density at radius 2 is 1.65 bits per heavy atom. The van der Waals surface area contributed by atoms with Gasteiger partial charge in [-0.2, -0.15) is 5.10 Å². The van der Waals surface area contributed by atoms with E-state index in [-0.39, 0.29) is 0 Å². The molecule has 0 aliphatic carbocycles. The monoisotopic (exact) mass is 361 g/mol. The van der Waals surface area contributed by atoms with Gasteiger partial charge >= 0.3 is 0 Å². The fraction of sp³-hybridized carbons (Fsp3) is 0.0526. The predicted molar refractivity (Wildman–Crippen MR) is 97.9 cm³/mol. The van der Waals surface area contributed by atoms with Gasteiger partial charge in [-0.25, -0.2) is 9.50 Å². The van der Waals surface area contributed by atoms with Gasteiger partial charge in [0.15, 0.2) is 0 Å². The van der Waals surface area contributed by atoms with Crippen LogP contribution in [0.1, 0.15) is 5.69 Å². The van der Waals surface area contributed by atoms with Crippen LogP contribution >= 0.6 is 15.9 Å². The van der Waals surface area contributed by atoms with Gasteiger partial charge in [0, 0.05) is 10.8 Å². The topological polar surface area (TPSA) is 30.2 Å². The van der Waals surface area contributed by atoms with Crippen LogP contribution in [0.5, 0.6) is 0 Å². The summed E-state index contributed by atoms with van der Waals surface area (Å²) in [5.74, 6) is 0. The molecule has 0 fully saturated rings. The van der Waals surface area contributed by atoms with Crippen molar-refractivity contribution in [3.05, 3.63) is 64.9 Å². The minimum Gasteiger partial charge on any atom is -0.239 e. The van der Waals surface area contributed by atoms with Crippen LogP contribution in [0.2, 0.25) is 0 Å². The molecular formula is C19H12BrN3. The molecule has 3 heterocycles. The Morgan fingerprint density at radius 3 is 2.48 bits per heavy atom. The molecule has 23 heavy (non-hydrogen) atoms. The fourth-order valence-electron chi connectivity index (χ4n) is 3.32. The van der Waals surface area contributed by atoms with E-state index in [1.54, 1.807) is 0 Å². The predicted octanol–water partition coefficient (Wildman–Crippen LogP) is 5.26. The second kappa shape index (κ2) is 4.52. The van der Waals surface area contributed by atoms with Crippen molar-refractivity contribution in [2.24, 2.45) is 0 Å². The van der Waals surface area contributed by atoms with Crippen molar-refractivity contribution in [2.45, 2.75) is 6.92 Å². The van der Waals surface area contributed by atoms with Gasteiger partial charge < -0.3 is 0 Å². The number of aromatic nitrogens is 3. The van der Waals surface area contributed by atoms with Crippen LogP contribution in [-0.2, 0) is 0 Å². The standard InChI is InChI=1S/C19H12BrN3/c1-11-8-17-19-14(6-7-18(20)21-19)15-9-12-4-2-3-5-13(12)10-16(15)23(17)22-11/h2-10H,1H3. The van der Waals surface area contributed by atoms with Crippen molar-refractivity contribution in [3.8, 4) is 0 Å². The molecule has 0 N–H and O–H groups in total. The highest BCUT2D eigenvalue weighted by atomic mass is 79.9. The number of hydrogen-bond acceptors (Lipinski definition) is 2. The van der Waals surface area contributed by atoms with E-state index < -0.39 is 0 Å². The Labute approximate surface area is 140 Å². The zero-order valence-electron chi connectivity index (χ0n) is 12.4. The summed E-state index contributed by atoms with van der Waals surface area (Å²) in [5, 5.41) is 9.47. The van der Waals surface area contributed by atoms with E-state index in [1.165, 1.54) is 16.2 Å². The van der Waals surface area contributed by atoms with Crippen LogP contribution in [0.4, 0.5) is 0 Å². The quantitative estimate of drug-likeness (QED) is 0.214. The molecule has 5 aromatic rings. The summed E-state index contributed by atoms with van der Waals surface area (Å²) >= 11 is 3.49.